The molecule has 1 aromatic carbocycles. The van der Waals surface area contributed by atoms with Crippen molar-refractivity contribution in [3.63, 3.8) is 0 Å². The summed E-state index contributed by atoms with van der Waals surface area (Å²) in [4.78, 5) is 12.6. The van der Waals surface area contributed by atoms with Crippen LogP contribution in [-0.2, 0) is 11.2 Å². The van der Waals surface area contributed by atoms with E-state index in [-0.39, 0.29) is 17.6 Å². The van der Waals surface area contributed by atoms with Crippen LogP contribution in [0.25, 0.3) is 0 Å². The standard InChI is InChI=1S/C19H28N2O/c1-13(2)16-10-9-14(3)12-19(16)20-17(18(22)21-19)11-15-7-5-4-6-8-15/h4-8,13-14,16-17,20H,9-12H2,1-3H3,(H,21,22). The van der Waals surface area contributed by atoms with Crippen LogP contribution in [0.1, 0.15) is 45.6 Å². The highest BCUT2D eigenvalue weighted by Gasteiger charge is 2.51. The van der Waals surface area contributed by atoms with Gasteiger partial charge in [0.2, 0.25) is 5.91 Å². The summed E-state index contributed by atoms with van der Waals surface area (Å²) in [5.74, 6) is 1.94. The van der Waals surface area contributed by atoms with Crippen molar-refractivity contribution >= 4 is 5.91 Å². The summed E-state index contributed by atoms with van der Waals surface area (Å²) in [5, 5.41) is 7.06. The number of amides is 1. The number of rotatable bonds is 3. The molecule has 0 aromatic heterocycles. The van der Waals surface area contributed by atoms with Gasteiger partial charge < -0.3 is 5.32 Å². The Hall–Kier alpha value is -1.35. The topological polar surface area (TPSA) is 41.1 Å². The maximum atomic E-state index is 12.6. The van der Waals surface area contributed by atoms with Crippen LogP contribution >= 0.6 is 0 Å². The van der Waals surface area contributed by atoms with Crippen LogP contribution in [0.4, 0.5) is 0 Å². The van der Waals surface area contributed by atoms with E-state index in [9.17, 15) is 4.79 Å². The molecule has 1 saturated heterocycles. The van der Waals surface area contributed by atoms with E-state index in [1.807, 2.05) is 18.2 Å². The van der Waals surface area contributed by atoms with Crippen LogP contribution in [0.2, 0.25) is 0 Å². The molecule has 22 heavy (non-hydrogen) atoms. The molecule has 1 aliphatic heterocycles. The van der Waals surface area contributed by atoms with Crippen molar-refractivity contribution in [1.82, 2.24) is 10.6 Å². The van der Waals surface area contributed by atoms with Gasteiger partial charge in [0.15, 0.2) is 0 Å². The number of hydrogen-bond donors (Lipinski definition) is 2. The molecule has 2 N–H and O–H groups in total. The lowest BCUT2D eigenvalue weighted by molar-refractivity contribution is -0.121. The first-order valence-electron chi connectivity index (χ1n) is 8.64. The zero-order valence-electron chi connectivity index (χ0n) is 13.9. The van der Waals surface area contributed by atoms with E-state index in [1.165, 1.54) is 18.4 Å². The van der Waals surface area contributed by atoms with Gasteiger partial charge in [0.1, 0.15) is 0 Å². The summed E-state index contributed by atoms with van der Waals surface area (Å²) in [6.45, 7) is 6.86. The Labute approximate surface area is 133 Å². The summed E-state index contributed by atoms with van der Waals surface area (Å²) < 4.78 is 0. The molecule has 2 aliphatic rings. The van der Waals surface area contributed by atoms with Crippen molar-refractivity contribution in [2.24, 2.45) is 17.8 Å². The van der Waals surface area contributed by atoms with Gasteiger partial charge in [-0.25, -0.2) is 0 Å². The van der Waals surface area contributed by atoms with Gasteiger partial charge >= 0.3 is 0 Å². The van der Waals surface area contributed by atoms with E-state index in [0.29, 0.717) is 17.8 Å². The van der Waals surface area contributed by atoms with Crippen molar-refractivity contribution in [3.8, 4) is 0 Å². The number of carbonyl (C=O) groups is 1. The third-order valence-electron chi connectivity index (χ3n) is 5.46. The second-order valence-corrected chi connectivity index (χ2v) is 7.58. The average Bonchev–Trinajstić information content (AvgIpc) is 2.75. The predicted octanol–water partition coefficient (Wildman–Crippen LogP) is 3.11. The minimum atomic E-state index is -0.192. The highest BCUT2D eigenvalue weighted by Crippen LogP contribution is 2.41. The number of benzene rings is 1. The molecule has 1 aromatic rings. The Bertz CT molecular complexity index is 527. The predicted molar refractivity (Wildman–Crippen MR) is 89.3 cm³/mol. The van der Waals surface area contributed by atoms with Crippen molar-refractivity contribution < 1.29 is 4.79 Å². The zero-order chi connectivity index (χ0) is 15.7. The smallest absolute Gasteiger partial charge is 0.238 e. The van der Waals surface area contributed by atoms with Crippen LogP contribution in [0.5, 0.6) is 0 Å². The minimum absolute atomic E-state index is 0.103. The summed E-state index contributed by atoms with van der Waals surface area (Å²) in [5.41, 5.74) is 1.03. The Morgan fingerprint density at radius 1 is 1.23 bits per heavy atom. The van der Waals surface area contributed by atoms with Crippen LogP contribution in [-0.4, -0.2) is 17.6 Å². The zero-order valence-corrected chi connectivity index (χ0v) is 13.9. The second-order valence-electron chi connectivity index (χ2n) is 7.58. The van der Waals surface area contributed by atoms with E-state index in [0.717, 1.165) is 12.8 Å². The Morgan fingerprint density at radius 3 is 2.64 bits per heavy atom. The lowest BCUT2D eigenvalue weighted by Gasteiger charge is -2.46. The van der Waals surface area contributed by atoms with Crippen LogP contribution in [0.15, 0.2) is 30.3 Å². The largest absolute Gasteiger partial charge is 0.336 e. The molecule has 1 spiro atoms. The monoisotopic (exact) mass is 300 g/mol. The van der Waals surface area contributed by atoms with Gasteiger partial charge in [-0.2, -0.15) is 0 Å². The van der Waals surface area contributed by atoms with Crippen LogP contribution < -0.4 is 10.6 Å². The van der Waals surface area contributed by atoms with Gasteiger partial charge in [-0.1, -0.05) is 57.5 Å². The first-order valence-corrected chi connectivity index (χ1v) is 8.64. The van der Waals surface area contributed by atoms with Gasteiger partial charge in [-0.05, 0) is 42.6 Å². The molecule has 3 nitrogen and oxygen atoms in total. The number of carbonyl (C=O) groups excluding carboxylic acids is 1. The van der Waals surface area contributed by atoms with E-state index in [4.69, 9.17) is 0 Å². The van der Waals surface area contributed by atoms with Gasteiger partial charge in [0.05, 0.1) is 11.7 Å². The fourth-order valence-electron chi connectivity index (χ4n) is 4.44. The minimum Gasteiger partial charge on any atom is -0.336 e. The van der Waals surface area contributed by atoms with Crippen LogP contribution in [0, 0.1) is 17.8 Å². The molecule has 3 heteroatoms. The summed E-state index contributed by atoms with van der Waals surface area (Å²) in [6.07, 6.45) is 4.29. The highest BCUT2D eigenvalue weighted by atomic mass is 16.2. The third kappa shape index (κ3) is 2.91. The van der Waals surface area contributed by atoms with E-state index < -0.39 is 0 Å². The third-order valence-corrected chi connectivity index (χ3v) is 5.46. The fourth-order valence-corrected chi connectivity index (χ4v) is 4.44. The highest BCUT2D eigenvalue weighted by molar-refractivity contribution is 5.85. The van der Waals surface area contributed by atoms with Crippen molar-refractivity contribution in [2.75, 3.05) is 0 Å². The lowest BCUT2D eigenvalue weighted by Crippen LogP contribution is -2.60. The van der Waals surface area contributed by atoms with Gasteiger partial charge in [-0.3, -0.25) is 10.1 Å². The van der Waals surface area contributed by atoms with Gasteiger partial charge in [0.25, 0.3) is 0 Å². The van der Waals surface area contributed by atoms with E-state index >= 15 is 0 Å². The lowest BCUT2D eigenvalue weighted by atomic mass is 9.70. The van der Waals surface area contributed by atoms with Crippen molar-refractivity contribution in [1.29, 1.82) is 0 Å². The molecule has 4 unspecified atom stereocenters. The SMILES string of the molecule is CC1CCC(C(C)C)C2(C1)NC(=O)C(Cc1ccccc1)N2. The number of nitrogens with one attached hydrogen (secondary N) is 2. The van der Waals surface area contributed by atoms with Crippen molar-refractivity contribution in [2.45, 2.75) is 58.2 Å². The maximum Gasteiger partial charge on any atom is 0.238 e. The van der Waals surface area contributed by atoms with Crippen molar-refractivity contribution in [3.05, 3.63) is 35.9 Å². The summed E-state index contributed by atoms with van der Waals surface area (Å²) in [7, 11) is 0. The second kappa shape index (κ2) is 6.04. The molecule has 3 rings (SSSR count). The van der Waals surface area contributed by atoms with E-state index in [1.54, 1.807) is 0 Å². The van der Waals surface area contributed by atoms with Crippen LogP contribution in [0.3, 0.4) is 0 Å². The summed E-state index contributed by atoms with van der Waals surface area (Å²) in [6, 6.07) is 10.2. The number of hydrogen-bond acceptors (Lipinski definition) is 2. The molecule has 1 aliphatic carbocycles. The first kappa shape index (κ1) is 15.5. The molecule has 1 heterocycles. The molecule has 2 fully saturated rings. The average molecular weight is 300 g/mol. The molecule has 0 bridgehead atoms. The quantitative estimate of drug-likeness (QED) is 0.900. The normalized spacial score (nSPS) is 35.1. The first-order chi connectivity index (χ1) is 10.5. The molecule has 0 radical (unpaired) electrons. The van der Waals surface area contributed by atoms with Gasteiger partial charge in [0, 0.05) is 0 Å². The molecule has 1 saturated carbocycles. The molecule has 120 valence electrons. The maximum absolute atomic E-state index is 12.6. The fraction of sp³-hybridized carbons (Fsp3) is 0.632. The Kier molecular flexibility index (Phi) is 4.26. The molecule has 1 amide bonds. The molecule has 4 atom stereocenters. The van der Waals surface area contributed by atoms with E-state index in [2.05, 4.69) is 43.5 Å². The van der Waals surface area contributed by atoms with Gasteiger partial charge in [-0.15, -0.1) is 0 Å². The summed E-state index contributed by atoms with van der Waals surface area (Å²) >= 11 is 0. The Balaban J connectivity index is 1.79. The molecular formula is C19H28N2O. The Morgan fingerprint density at radius 2 is 1.95 bits per heavy atom. The molecular weight excluding hydrogens is 272 g/mol.